The molecule has 1 aliphatic heterocycles. The topological polar surface area (TPSA) is 66.1 Å². The van der Waals surface area contributed by atoms with Crippen molar-refractivity contribution >= 4 is 17.2 Å². The SMILES string of the molecule is CCOc1ccc(-c2c3c4n(c(-c5ccc(OC)cc5)cn4c2C(=O)Nc2cccc(OC)c2)CCCC3)cc1. The van der Waals surface area contributed by atoms with E-state index < -0.39 is 0 Å². The molecular formula is C33H33N3O4. The largest absolute Gasteiger partial charge is 0.497 e. The van der Waals surface area contributed by atoms with Crippen molar-refractivity contribution in [1.82, 2.24) is 8.97 Å². The second-order valence-corrected chi connectivity index (χ2v) is 9.89. The van der Waals surface area contributed by atoms with Gasteiger partial charge < -0.3 is 24.1 Å². The highest BCUT2D eigenvalue weighted by atomic mass is 16.5. The van der Waals surface area contributed by atoms with Crippen molar-refractivity contribution in [2.45, 2.75) is 32.7 Å². The van der Waals surface area contributed by atoms with Crippen LogP contribution in [0.5, 0.6) is 17.2 Å². The van der Waals surface area contributed by atoms with Gasteiger partial charge in [0.1, 0.15) is 28.6 Å². The summed E-state index contributed by atoms with van der Waals surface area (Å²) in [7, 11) is 3.29. The monoisotopic (exact) mass is 535 g/mol. The molecule has 0 unspecified atom stereocenters. The number of aromatic nitrogens is 2. The van der Waals surface area contributed by atoms with E-state index in [1.165, 1.54) is 5.56 Å². The van der Waals surface area contributed by atoms with Gasteiger partial charge in [0.15, 0.2) is 0 Å². The molecule has 0 atom stereocenters. The highest BCUT2D eigenvalue weighted by molar-refractivity contribution is 6.10. The Kier molecular flexibility index (Phi) is 6.95. The molecule has 0 bridgehead atoms. The third kappa shape index (κ3) is 4.57. The lowest BCUT2D eigenvalue weighted by molar-refractivity contribution is 0.102. The average Bonchev–Trinajstić information content (AvgIpc) is 3.41. The number of carbonyl (C=O) groups is 1. The molecule has 0 fully saturated rings. The second kappa shape index (κ2) is 10.8. The smallest absolute Gasteiger partial charge is 0.273 e. The zero-order chi connectivity index (χ0) is 27.6. The first-order valence-corrected chi connectivity index (χ1v) is 13.7. The van der Waals surface area contributed by atoms with Crippen LogP contribution >= 0.6 is 0 Å². The van der Waals surface area contributed by atoms with Crippen LogP contribution in [0.1, 0.15) is 35.8 Å². The van der Waals surface area contributed by atoms with Crippen LogP contribution in [0.3, 0.4) is 0 Å². The number of hydrogen-bond acceptors (Lipinski definition) is 4. The van der Waals surface area contributed by atoms with Gasteiger partial charge in [-0.2, -0.15) is 0 Å². The summed E-state index contributed by atoms with van der Waals surface area (Å²) >= 11 is 0. The summed E-state index contributed by atoms with van der Waals surface area (Å²) < 4.78 is 20.9. The molecule has 0 saturated heterocycles. The van der Waals surface area contributed by atoms with Crippen LogP contribution in [0.2, 0.25) is 0 Å². The van der Waals surface area contributed by atoms with E-state index in [9.17, 15) is 4.79 Å². The second-order valence-electron chi connectivity index (χ2n) is 9.89. The maximum absolute atomic E-state index is 14.1. The minimum atomic E-state index is -0.169. The van der Waals surface area contributed by atoms with E-state index in [1.807, 2.05) is 55.5 Å². The Hall–Kier alpha value is -4.65. The van der Waals surface area contributed by atoms with Gasteiger partial charge in [0.05, 0.1) is 26.5 Å². The Morgan fingerprint density at radius 3 is 2.33 bits per heavy atom. The number of ether oxygens (including phenoxy) is 3. The van der Waals surface area contributed by atoms with E-state index in [-0.39, 0.29) is 5.91 Å². The van der Waals surface area contributed by atoms with Crippen LogP contribution in [0.4, 0.5) is 5.69 Å². The zero-order valence-electron chi connectivity index (χ0n) is 23.1. The van der Waals surface area contributed by atoms with Gasteiger partial charge in [0.2, 0.25) is 0 Å². The van der Waals surface area contributed by atoms with Crippen LogP contribution < -0.4 is 19.5 Å². The quantitative estimate of drug-likeness (QED) is 0.231. The van der Waals surface area contributed by atoms with Crippen LogP contribution in [0.25, 0.3) is 28.0 Å². The van der Waals surface area contributed by atoms with Crippen molar-refractivity contribution in [1.29, 1.82) is 0 Å². The van der Waals surface area contributed by atoms with Gasteiger partial charge in [-0.3, -0.25) is 9.20 Å². The van der Waals surface area contributed by atoms with E-state index in [1.54, 1.807) is 14.2 Å². The number of rotatable bonds is 8. The predicted octanol–water partition coefficient (Wildman–Crippen LogP) is 7.08. The van der Waals surface area contributed by atoms with Crippen molar-refractivity contribution in [2.24, 2.45) is 0 Å². The lowest BCUT2D eigenvalue weighted by Gasteiger charge is -2.11. The highest BCUT2D eigenvalue weighted by Crippen LogP contribution is 2.40. The number of nitrogens with one attached hydrogen (secondary N) is 1. The van der Waals surface area contributed by atoms with Crippen molar-refractivity contribution in [3.05, 3.63) is 90.3 Å². The Morgan fingerprint density at radius 2 is 1.60 bits per heavy atom. The molecule has 1 aliphatic rings. The van der Waals surface area contributed by atoms with E-state index in [0.717, 1.165) is 65.3 Å². The molecule has 6 rings (SSSR count). The molecule has 7 nitrogen and oxygen atoms in total. The normalized spacial score (nSPS) is 12.7. The molecule has 0 aliphatic carbocycles. The van der Waals surface area contributed by atoms with Gasteiger partial charge in [-0.05, 0) is 85.8 Å². The molecule has 2 aromatic heterocycles. The van der Waals surface area contributed by atoms with Crippen LogP contribution in [-0.2, 0) is 13.0 Å². The lowest BCUT2D eigenvalue weighted by atomic mass is 9.97. The summed E-state index contributed by atoms with van der Waals surface area (Å²) in [5, 5.41) is 3.13. The summed E-state index contributed by atoms with van der Waals surface area (Å²) in [6, 6.07) is 23.6. The van der Waals surface area contributed by atoms with Crippen LogP contribution in [-0.4, -0.2) is 35.7 Å². The van der Waals surface area contributed by atoms with Crippen LogP contribution in [0.15, 0.2) is 79.0 Å². The summed E-state index contributed by atoms with van der Waals surface area (Å²) in [5.41, 5.74) is 7.69. The lowest BCUT2D eigenvalue weighted by Crippen LogP contribution is -2.15. The number of carbonyl (C=O) groups excluding carboxylic acids is 1. The van der Waals surface area contributed by atoms with Gasteiger partial charge in [0.25, 0.3) is 5.91 Å². The summed E-state index contributed by atoms with van der Waals surface area (Å²) in [6.45, 7) is 3.46. The molecule has 1 amide bonds. The Bertz CT molecular complexity index is 1660. The number of methoxy groups -OCH3 is 2. The predicted molar refractivity (Wildman–Crippen MR) is 158 cm³/mol. The molecule has 3 aromatic carbocycles. The third-order valence-corrected chi connectivity index (χ3v) is 7.52. The zero-order valence-corrected chi connectivity index (χ0v) is 23.1. The fourth-order valence-corrected chi connectivity index (χ4v) is 5.69. The van der Waals surface area contributed by atoms with Crippen LogP contribution in [0, 0.1) is 0 Å². The van der Waals surface area contributed by atoms with Gasteiger partial charge in [-0.25, -0.2) is 0 Å². The number of benzene rings is 3. The molecule has 1 N–H and O–H groups in total. The first-order chi connectivity index (χ1) is 19.6. The fourth-order valence-electron chi connectivity index (χ4n) is 5.69. The molecule has 0 spiro atoms. The van der Waals surface area contributed by atoms with E-state index in [4.69, 9.17) is 14.2 Å². The minimum Gasteiger partial charge on any atom is -0.497 e. The molecule has 40 heavy (non-hydrogen) atoms. The highest BCUT2D eigenvalue weighted by Gasteiger charge is 2.29. The van der Waals surface area contributed by atoms with Crippen molar-refractivity contribution in [2.75, 3.05) is 26.1 Å². The first-order valence-electron chi connectivity index (χ1n) is 13.7. The van der Waals surface area contributed by atoms with E-state index in [0.29, 0.717) is 23.7 Å². The maximum Gasteiger partial charge on any atom is 0.273 e. The molecule has 0 radical (unpaired) electrons. The molecular weight excluding hydrogens is 502 g/mol. The number of aryl methyl sites for hydroxylation is 2. The number of hydrogen-bond donors (Lipinski definition) is 1. The van der Waals surface area contributed by atoms with Crippen molar-refractivity contribution in [3.63, 3.8) is 0 Å². The molecule has 7 heteroatoms. The fraction of sp³-hybridized carbons (Fsp3) is 0.242. The Morgan fingerprint density at radius 1 is 0.875 bits per heavy atom. The minimum absolute atomic E-state index is 0.169. The third-order valence-electron chi connectivity index (χ3n) is 7.52. The molecule has 5 aromatic rings. The number of anilines is 1. The summed E-state index contributed by atoms with van der Waals surface area (Å²) in [5.74, 6) is 2.15. The first kappa shape index (κ1) is 25.6. The number of amides is 1. The standard InChI is InChI=1S/C33H33N3O4/c1-4-40-26-17-13-23(14-18-26)30-28-10-5-6-19-35-29(22-11-15-25(38-2)16-12-22)21-36(33(28)35)31(30)32(37)34-24-8-7-9-27(20-24)39-3/h7-9,11-18,20-21H,4-6,10,19H2,1-3H3,(H,34,37). The van der Waals surface area contributed by atoms with Crippen molar-refractivity contribution < 1.29 is 19.0 Å². The van der Waals surface area contributed by atoms with Gasteiger partial charge in [0, 0.05) is 35.6 Å². The van der Waals surface area contributed by atoms with Gasteiger partial charge in [-0.1, -0.05) is 18.2 Å². The van der Waals surface area contributed by atoms with Gasteiger partial charge >= 0.3 is 0 Å². The van der Waals surface area contributed by atoms with E-state index >= 15 is 0 Å². The van der Waals surface area contributed by atoms with E-state index in [2.05, 4.69) is 44.7 Å². The average molecular weight is 536 g/mol. The summed E-state index contributed by atoms with van der Waals surface area (Å²) in [6.07, 6.45) is 5.11. The molecule has 3 heterocycles. The van der Waals surface area contributed by atoms with Gasteiger partial charge in [-0.15, -0.1) is 0 Å². The molecule has 204 valence electrons. The Labute approximate surface area is 233 Å². The number of imidazole rings is 1. The Balaban J connectivity index is 1.55. The molecule has 0 saturated carbocycles. The maximum atomic E-state index is 14.1. The van der Waals surface area contributed by atoms with Crippen molar-refractivity contribution in [3.8, 4) is 39.6 Å². The number of nitrogens with zero attached hydrogens (tertiary/aromatic N) is 2. The summed E-state index contributed by atoms with van der Waals surface area (Å²) in [4.78, 5) is 14.1.